The molecular weight excluding hydrogens is 375 g/mol. The van der Waals surface area contributed by atoms with E-state index in [-0.39, 0.29) is 17.8 Å². The standard InChI is InChI=1S/C18H18BrFN2O2/c1-3-13-10-22(16-8-11(2)4-7-17(16)24-13)18(23)21-15-6-5-12(19)9-14(15)20/h4-9,13H,3,10H2,1-2H3,(H,21,23)/t13-/m0/s1. The van der Waals surface area contributed by atoms with Crippen molar-refractivity contribution in [1.82, 2.24) is 0 Å². The van der Waals surface area contributed by atoms with Crippen molar-refractivity contribution in [3.05, 3.63) is 52.3 Å². The monoisotopic (exact) mass is 392 g/mol. The summed E-state index contributed by atoms with van der Waals surface area (Å²) in [5, 5.41) is 2.65. The van der Waals surface area contributed by atoms with E-state index in [1.54, 1.807) is 11.0 Å². The van der Waals surface area contributed by atoms with Crippen molar-refractivity contribution in [2.45, 2.75) is 26.4 Å². The van der Waals surface area contributed by atoms with E-state index in [4.69, 9.17) is 4.74 Å². The molecule has 0 spiro atoms. The first-order valence-corrected chi connectivity index (χ1v) is 8.58. The molecule has 0 radical (unpaired) electrons. The number of nitrogens with one attached hydrogen (secondary N) is 1. The van der Waals surface area contributed by atoms with Crippen LogP contribution < -0.4 is 15.0 Å². The molecule has 0 fully saturated rings. The van der Waals surface area contributed by atoms with Gasteiger partial charge < -0.3 is 10.1 Å². The van der Waals surface area contributed by atoms with Crippen LogP contribution in [-0.2, 0) is 0 Å². The summed E-state index contributed by atoms with van der Waals surface area (Å²) in [5.41, 5.74) is 1.88. The van der Waals surface area contributed by atoms with Gasteiger partial charge in [-0.25, -0.2) is 9.18 Å². The molecule has 2 aromatic carbocycles. The number of anilines is 2. The van der Waals surface area contributed by atoms with Gasteiger partial charge in [-0.1, -0.05) is 28.9 Å². The molecule has 1 heterocycles. The zero-order valence-corrected chi connectivity index (χ0v) is 15.1. The minimum absolute atomic E-state index is 0.0827. The molecule has 126 valence electrons. The highest BCUT2D eigenvalue weighted by atomic mass is 79.9. The lowest BCUT2D eigenvalue weighted by Gasteiger charge is -2.34. The number of ether oxygens (including phenoxy) is 1. The summed E-state index contributed by atoms with van der Waals surface area (Å²) in [5.74, 6) is 0.188. The molecule has 0 saturated heterocycles. The number of rotatable bonds is 2. The topological polar surface area (TPSA) is 41.6 Å². The second kappa shape index (κ2) is 6.81. The van der Waals surface area contributed by atoms with Crippen LogP contribution in [0.25, 0.3) is 0 Å². The van der Waals surface area contributed by atoms with Gasteiger partial charge in [0.15, 0.2) is 0 Å². The van der Waals surface area contributed by atoms with Crippen molar-refractivity contribution in [1.29, 1.82) is 0 Å². The maximum atomic E-state index is 14.0. The van der Waals surface area contributed by atoms with Crippen molar-refractivity contribution in [3.8, 4) is 5.75 Å². The lowest BCUT2D eigenvalue weighted by atomic mass is 10.1. The number of aryl methyl sites for hydroxylation is 1. The van der Waals surface area contributed by atoms with Gasteiger partial charge in [-0.2, -0.15) is 0 Å². The van der Waals surface area contributed by atoms with Crippen molar-refractivity contribution in [2.24, 2.45) is 0 Å². The first kappa shape index (κ1) is 16.8. The number of halogens is 2. The number of carbonyl (C=O) groups is 1. The number of amides is 2. The lowest BCUT2D eigenvalue weighted by molar-refractivity contribution is 0.188. The maximum Gasteiger partial charge on any atom is 0.326 e. The first-order valence-electron chi connectivity index (χ1n) is 7.79. The normalized spacial score (nSPS) is 16.3. The molecule has 0 saturated carbocycles. The molecule has 1 aliphatic heterocycles. The average molecular weight is 393 g/mol. The molecule has 0 aliphatic carbocycles. The summed E-state index contributed by atoms with van der Waals surface area (Å²) in [4.78, 5) is 14.3. The molecule has 6 heteroatoms. The van der Waals surface area contributed by atoms with E-state index in [9.17, 15) is 9.18 Å². The Morgan fingerprint density at radius 3 is 2.88 bits per heavy atom. The Morgan fingerprint density at radius 1 is 1.38 bits per heavy atom. The van der Waals surface area contributed by atoms with Gasteiger partial charge in [0.1, 0.15) is 17.7 Å². The van der Waals surface area contributed by atoms with Crippen molar-refractivity contribution in [2.75, 3.05) is 16.8 Å². The van der Waals surface area contributed by atoms with E-state index in [0.29, 0.717) is 22.5 Å². The number of carbonyl (C=O) groups excluding carboxylic acids is 1. The van der Waals surface area contributed by atoms with Crippen molar-refractivity contribution in [3.63, 3.8) is 0 Å². The van der Waals surface area contributed by atoms with Gasteiger partial charge in [0, 0.05) is 4.47 Å². The van der Waals surface area contributed by atoms with Crippen LogP contribution in [0.15, 0.2) is 40.9 Å². The Hall–Kier alpha value is -2.08. The second-order valence-electron chi connectivity index (χ2n) is 5.78. The fourth-order valence-electron chi connectivity index (χ4n) is 2.64. The van der Waals surface area contributed by atoms with Crippen LogP contribution in [0, 0.1) is 12.7 Å². The second-order valence-corrected chi connectivity index (χ2v) is 6.70. The largest absolute Gasteiger partial charge is 0.486 e. The molecule has 4 nitrogen and oxygen atoms in total. The van der Waals surface area contributed by atoms with E-state index < -0.39 is 5.82 Å². The number of hydrogen-bond donors (Lipinski definition) is 1. The van der Waals surface area contributed by atoms with Crippen LogP contribution in [-0.4, -0.2) is 18.7 Å². The van der Waals surface area contributed by atoms with E-state index in [2.05, 4.69) is 21.2 Å². The van der Waals surface area contributed by atoms with Crippen molar-refractivity contribution >= 4 is 33.3 Å². The van der Waals surface area contributed by atoms with Gasteiger partial charge in [-0.15, -0.1) is 0 Å². The molecule has 2 amide bonds. The molecular formula is C18H18BrFN2O2. The molecule has 0 bridgehead atoms. The molecule has 24 heavy (non-hydrogen) atoms. The number of benzene rings is 2. The van der Waals surface area contributed by atoms with Crippen LogP contribution in [0.1, 0.15) is 18.9 Å². The maximum absolute atomic E-state index is 14.0. The fraction of sp³-hybridized carbons (Fsp3) is 0.278. The van der Waals surface area contributed by atoms with Crippen LogP contribution in [0.2, 0.25) is 0 Å². The quantitative estimate of drug-likeness (QED) is 0.771. The number of nitrogens with zero attached hydrogens (tertiary/aromatic N) is 1. The number of urea groups is 1. The minimum Gasteiger partial charge on any atom is -0.486 e. The van der Waals surface area contributed by atoms with Gasteiger partial charge in [-0.05, 0) is 49.2 Å². The SMILES string of the molecule is CC[C@H]1CN(C(=O)Nc2ccc(Br)cc2F)c2cc(C)ccc2O1. The highest BCUT2D eigenvalue weighted by molar-refractivity contribution is 9.10. The van der Waals surface area contributed by atoms with Crippen LogP contribution in [0.4, 0.5) is 20.6 Å². The Kier molecular flexibility index (Phi) is 4.76. The predicted octanol–water partition coefficient (Wildman–Crippen LogP) is 5.11. The van der Waals surface area contributed by atoms with Gasteiger partial charge in [0.2, 0.25) is 0 Å². The van der Waals surface area contributed by atoms with E-state index in [1.807, 2.05) is 32.0 Å². The highest BCUT2D eigenvalue weighted by Gasteiger charge is 2.29. The van der Waals surface area contributed by atoms with Gasteiger partial charge in [0.05, 0.1) is 17.9 Å². The Morgan fingerprint density at radius 2 is 2.17 bits per heavy atom. The summed E-state index contributed by atoms with van der Waals surface area (Å²) in [6.07, 6.45) is 0.699. The molecule has 0 aromatic heterocycles. The Bertz CT molecular complexity index is 782. The third-order valence-corrected chi connectivity index (χ3v) is 4.45. The molecule has 1 N–H and O–H groups in total. The van der Waals surface area contributed by atoms with E-state index >= 15 is 0 Å². The van der Waals surface area contributed by atoms with E-state index in [1.165, 1.54) is 12.1 Å². The third-order valence-electron chi connectivity index (χ3n) is 3.96. The number of hydrogen-bond acceptors (Lipinski definition) is 2. The number of fused-ring (bicyclic) bond motifs is 1. The molecule has 1 aliphatic rings. The smallest absolute Gasteiger partial charge is 0.326 e. The van der Waals surface area contributed by atoms with Gasteiger partial charge in [0.25, 0.3) is 0 Å². The Labute approximate surface area is 148 Å². The highest BCUT2D eigenvalue weighted by Crippen LogP contribution is 2.35. The zero-order valence-electron chi connectivity index (χ0n) is 13.5. The molecule has 1 atom stereocenters. The molecule has 0 unspecified atom stereocenters. The summed E-state index contributed by atoms with van der Waals surface area (Å²) in [6, 6.07) is 9.89. The third kappa shape index (κ3) is 3.38. The molecule has 3 rings (SSSR count). The first-order chi connectivity index (χ1) is 11.5. The minimum atomic E-state index is -0.484. The summed E-state index contributed by atoms with van der Waals surface area (Å²) in [7, 11) is 0. The average Bonchev–Trinajstić information content (AvgIpc) is 2.56. The predicted molar refractivity (Wildman–Crippen MR) is 96.4 cm³/mol. The Balaban J connectivity index is 1.90. The molecule has 2 aromatic rings. The lowest BCUT2D eigenvalue weighted by Crippen LogP contribution is -2.45. The van der Waals surface area contributed by atoms with Crippen LogP contribution in [0.3, 0.4) is 0 Å². The van der Waals surface area contributed by atoms with Gasteiger partial charge >= 0.3 is 6.03 Å². The summed E-state index contributed by atoms with van der Waals surface area (Å²) >= 11 is 3.21. The van der Waals surface area contributed by atoms with Gasteiger partial charge in [-0.3, -0.25) is 4.90 Å². The van der Waals surface area contributed by atoms with E-state index in [0.717, 1.165) is 12.0 Å². The summed E-state index contributed by atoms with van der Waals surface area (Å²) in [6.45, 7) is 4.39. The van der Waals surface area contributed by atoms with Crippen molar-refractivity contribution < 1.29 is 13.9 Å². The van der Waals surface area contributed by atoms with Crippen LogP contribution in [0.5, 0.6) is 5.75 Å². The van der Waals surface area contributed by atoms with Crippen LogP contribution >= 0.6 is 15.9 Å². The fourth-order valence-corrected chi connectivity index (χ4v) is 2.97. The summed E-state index contributed by atoms with van der Waals surface area (Å²) < 4.78 is 20.5. The zero-order chi connectivity index (χ0) is 17.3.